The maximum absolute atomic E-state index is 12.8. The van der Waals surface area contributed by atoms with E-state index in [4.69, 9.17) is 13.9 Å². The maximum Gasteiger partial charge on any atom is 0.322 e. The third-order valence-electron chi connectivity index (χ3n) is 3.60. The highest BCUT2D eigenvalue weighted by atomic mass is 16.6. The summed E-state index contributed by atoms with van der Waals surface area (Å²) >= 11 is 0. The number of esters is 2. The highest BCUT2D eigenvalue weighted by Crippen LogP contribution is 2.34. The van der Waals surface area contributed by atoms with Gasteiger partial charge in [0.2, 0.25) is 11.2 Å². The zero-order valence-corrected chi connectivity index (χ0v) is 12.3. The van der Waals surface area contributed by atoms with Crippen LogP contribution in [0.5, 0.6) is 11.5 Å². The first-order valence-corrected chi connectivity index (χ1v) is 7.20. The Bertz CT molecular complexity index is 1030. The van der Waals surface area contributed by atoms with Gasteiger partial charge in [-0.15, -0.1) is 0 Å². The number of hydrogen-bond donors (Lipinski definition) is 0. The molecule has 0 saturated heterocycles. The molecule has 6 heteroatoms. The highest BCUT2D eigenvalue weighted by molar-refractivity contribution is 5.97. The molecule has 1 aromatic heterocycles. The third-order valence-corrected chi connectivity index (χ3v) is 3.60. The standard InChI is InChI=1S/C18H10O6/c19-13-9-14(20)24-18-16(21)15-11(22-13)7-4-8-12(15)23-17(18)10-5-2-1-3-6-10/h1-8H,9H2. The lowest BCUT2D eigenvalue weighted by molar-refractivity contribution is -0.144. The van der Waals surface area contributed by atoms with Gasteiger partial charge in [-0.05, 0) is 12.1 Å². The monoisotopic (exact) mass is 322 g/mol. The van der Waals surface area contributed by atoms with Gasteiger partial charge in [-0.3, -0.25) is 14.4 Å². The van der Waals surface area contributed by atoms with Crippen LogP contribution >= 0.6 is 0 Å². The molecule has 2 heterocycles. The van der Waals surface area contributed by atoms with Crippen LogP contribution in [0.15, 0.2) is 57.7 Å². The molecule has 0 saturated carbocycles. The van der Waals surface area contributed by atoms with Crippen molar-refractivity contribution in [3.05, 3.63) is 58.8 Å². The van der Waals surface area contributed by atoms with E-state index in [1.165, 1.54) is 6.07 Å². The van der Waals surface area contributed by atoms with Gasteiger partial charge in [0.15, 0.2) is 5.76 Å². The van der Waals surface area contributed by atoms with Crippen molar-refractivity contribution in [3.8, 4) is 22.8 Å². The van der Waals surface area contributed by atoms with Crippen molar-refractivity contribution >= 4 is 22.9 Å². The van der Waals surface area contributed by atoms with Crippen molar-refractivity contribution in [2.75, 3.05) is 0 Å². The van der Waals surface area contributed by atoms with Gasteiger partial charge in [0.25, 0.3) is 0 Å². The van der Waals surface area contributed by atoms with Crippen LogP contribution in [0.2, 0.25) is 0 Å². The van der Waals surface area contributed by atoms with E-state index >= 15 is 0 Å². The molecule has 0 unspecified atom stereocenters. The summed E-state index contributed by atoms with van der Waals surface area (Å²) in [5.74, 6) is -1.74. The molecule has 0 fully saturated rings. The summed E-state index contributed by atoms with van der Waals surface area (Å²) in [4.78, 5) is 36.5. The number of carbonyl (C=O) groups is 2. The summed E-state index contributed by atoms with van der Waals surface area (Å²) in [5, 5.41) is 0.0650. The van der Waals surface area contributed by atoms with Crippen molar-refractivity contribution in [2.24, 2.45) is 0 Å². The average molecular weight is 322 g/mol. The minimum absolute atomic E-state index is 0.0467. The molecule has 0 N–H and O–H groups in total. The Hall–Kier alpha value is -3.41. The van der Waals surface area contributed by atoms with E-state index < -0.39 is 23.8 Å². The molecule has 3 aromatic rings. The second-order valence-electron chi connectivity index (χ2n) is 5.21. The molecule has 1 aliphatic rings. The fraction of sp³-hybridized carbons (Fsp3) is 0.0556. The van der Waals surface area contributed by atoms with Crippen LogP contribution < -0.4 is 14.9 Å². The summed E-state index contributed by atoms with van der Waals surface area (Å²) in [6.07, 6.45) is -0.595. The molecule has 2 bridgehead atoms. The minimum atomic E-state index is -0.878. The van der Waals surface area contributed by atoms with Gasteiger partial charge in [0.05, 0.1) is 0 Å². The van der Waals surface area contributed by atoms with Crippen LogP contribution in [0.4, 0.5) is 0 Å². The largest absolute Gasteiger partial charge is 0.452 e. The molecule has 24 heavy (non-hydrogen) atoms. The van der Waals surface area contributed by atoms with Crippen LogP contribution in [-0.2, 0) is 9.59 Å². The second-order valence-corrected chi connectivity index (χ2v) is 5.21. The SMILES string of the molecule is O=C1CC(=O)Oc2cccc3oc(-c4ccccc4)c(c(=O)c23)O1. The van der Waals surface area contributed by atoms with Gasteiger partial charge >= 0.3 is 11.9 Å². The predicted octanol–water partition coefficient (Wildman–Crippen LogP) is 2.67. The first-order valence-electron chi connectivity index (χ1n) is 7.20. The molecule has 0 atom stereocenters. The quantitative estimate of drug-likeness (QED) is 0.389. The van der Waals surface area contributed by atoms with E-state index in [0.29, 0.717) is 5.56 Å². The van der Waals surface area contributed by atoms with Crippen molar-refractivity contribution in [2.45, 2.75) is 6.42 Å². The molecule has 1 aliphatic heterocycles. The predicted molar refractivity (Wildman–Crippen MR) is 83.8 cm³/mol. The van der Waals surface area contributed by atoms with Crippen LogP contribution in [0.3, 0.4) is 0 Å². The van der Waals surface area contributed by atoms with Crippen LogP contribution in [0.1, 0.15) is 6.42 Å². The fourth-order valence-electron chi connectivity index (χ4n) is 2.58. The Morgan fingerprint density at radius 3 is 2.33 bits per heavy atom. The van der Waals surface area contributed by atoms with E-state index in [-0.39, 0.29) is 28.2 Å². The first-order chi connectivity index (χ1) is 11.6. The van der Waals surface area contributed by atoms with Crippen molar-refractivity contribution in [1.82, 2.24) is 0 Å². The Morgan fingerprint density at radius 1 is 0.792 bits per heavy atom. The number of rotatable bonds is 1. The van der Waals surface area contributed by atoms with E-state index in [1.54, 1.807) is 36.4 Å². The Labute approximate surface area is 135 Å². The molecule has 0 spiro atoms. The molecule has 0 aliphatic carbocycles. The van der Waals surface area contributed by atoms with Gasteiger partial charge in [0, 0.05) is 5.56 Å². The lowest BCUT2D eigenvalue weighted by Crippen LogP contribution is -2.18. The molecule has 118 valence electrons. The molecular formula is C18H10O6. The van der Waals surface area contributed by atoms with E-state index in [0.717, 1.165) is 0 Å². The number of carbonyl (C=O) groups excluding carboxylic acids is 2. The van der Waals surface area contributed by atoms with Crippen molar-refractivity contribution in [1.29, 1.82) is 0 Å². The second kappa shape index (κ2) is 5.34. The van der Waals surface area contributed by atoms with Crippen LogP contribution in [-0.4, -0.2) is 11.9 Å². The average Bonchev–Trinajstić information content (AvgIpc) is 2.60. The van der Waals surface area contributed by atoms with E-state index in [1.807, 2.05) is 6.07 Å². The van der Waals surface area contributed by atoms with Crippen molar-refractivity contribution < 1.29 is 23.5 Å². The lowest BCUT2D eigenvalue weighted by atomic mass is 10.1. The Balaban J connectivity index is 2.10. The molecule has 0 amide bonds. The normalized spacial score (nSPS) is 13.8. The lowest BCUT2D eigenvalue weighted by Gasteiger charge is -2.09. The highest BCUT2D eigenvalue weighted by Gasteiger charge is 2.26. The van der Waals surface area contributed by atoms with Gasteiger partial charge in [-0.2, -0.15) is 0 Å². The summed E-state index contributed by atoms with van der Waals surface area (Å²) in [6, 6.07) is 13.5. The summed E-state index contributed by atoms with van der Waals surface area (Å²) in [5.41, 5.74) is 0.260. The molecule has 2 aromatic carbocycles. The van der Waals surface area contributed by atoms with E-state index in [9.17, 15) is 14.4 Å². The Morgan fingerprint density at radius 2 is 1.54 bits per heavy atom. The van der Waals surface area contributed by atoms with Gasteiger partial charge < -0.3 is 13.9 Å². The fourth-order valence-corrected chi connectivity index (χ4v) is 2.58. The summed E-state index contributed by atoms with van der Waals surface area (Å²) in [7, 11) is 0. The zero-order valence-electron chi connectivity index (χ0n) is 12.3. The Kier molecular flexibility index (Phi) is 3.16. The van der Waals surface area contributed by atoms with E-state index in [2.05, 4.69) is 0 Å². The van der Waals surface area contributed by atoms with Gasteiger partial charge in [-0.25, -0.2) is 0 Å². The smallest absolute Gasteiger partial charge is 0.322 e. The number of ether oxygens (including phenoxy) is 2. The van der Waals surface area contributed by atoms with Crippen molar-refractivity contribution in [3.63, 3.8) is 0 Å². The molecule has 6 nitrogen and oxygen atoms in total. The number of hydrogen-bond acceptors (Lipinski definition) is 6. The van der Waals surface area contributed by atoms with Gasteiger partial charge in [-0.1, -0.05) is 36.4 Å². The topological polar surface area (TPSA) is 82.8 Å². The van der Waals surface area contributed by atoms with Crippen LogP contribution in [0, 0.1) is 0 Å². The first kappa shape index (κ1) is 14.2. The van der Waals surface area contributed by atoms with Crippen LogP contribution in [0.25, 0.3) is 22.3 Å². The molecule has 4 rings (SSSR count). The zero-order chi connectivity index (χ0) is 16.7. The number of fused-ring (bicyclic) bond motifs is 1. The molecule has 0 radical (unpaired) electrons. The van der Waals surface area contributed by atoms with Gasteiger partial charge in [0.1, 0.15) is 23.1 Å². The number of benzene rings is 2. The maximum atomic E-state index is 12.8. The molecular weight excluding hydrogens is 312 g/mol. The third kappa shape index (κ3) is 2.25. The summed E-state index contributed by atoms with van der Waals surface area (Å²) < 4.78 is 16.0. The summed E-state index contributed by atoms with van der Waals surface area (Å²) in [6.45, 7) is 0. The minimum Gasteiger partial charge on any atom is -0.452 e.